The van der Waals surface area contributed by atoms with Gasteiger partial charge in [-0.2, -0.15) is 0 Å². The van der Waals surface area contributed by atoms with E-state index in [1.807, 2.05) is 0 Å². The average molecular weight is 479 g/mol. The maximum atomic E-state index is 3.48. The van der Waals surface area contributed by atoms with Crippen molar-refractivity contribution in [2.45, 2.75) is 0 Å². The number of fused-ring (bicyclic) bond motifs is 4. The Hall–Kier alpha value is -5.30. The Morgan fingerprint density at radius 1 is 0.289 bits per heavy atom. The van der Waals surface area contributed by atoms with E-state index in [0.29, 0.717) is 0 Å². The van der Waals surface area contributed by atoms with Crippen molar-refractivity contribution in [2.75, 3.05) is 0 Å². The molecular weight excluding hydrogens is 456 g/mol. The van der Waals surface area contributed by atoms with E-state index >= 15 is 0 Å². The highest BCUT2D eigenvalue weighted by Gasteiger charge is 2.06. The van der Waals surface area contributed by atoms with Gasteiger partial charge in [0.2, 0.25) is 0 Å². The van der Waals surface area contributed by atoms with Crippen LogP contribution in [-0.2, 0) is 0 Å². The Bertz CT molecular complexity index is 1860. The van der Waals surface area contributed by atoms with Crippen LogP contribution in [0.25, 0.3) is 43.1 Å². The van der Waals surface area contributed by atoms with Crippen LogP contribution in [0.3, 0.4) is 0 Å². The van der Waals surface area contributed by atoms with Crippen LogP contribution in [0.15, 0.2) is 133 Å². The second-order valence-corrected chi connectivity index (χ2v) is 9.47. The first kappa shape index (κ1) is 21.9. The lowest BCUT2D eigenvalue weighted by molar-refractivity contribution is 1.60. The lowest BCUT2D eigenvalue weighted by atomic mass is 9.96. The molecule has 0 N–H and O–H groups in total. The Balaban J connectivity index is 1.27. The maximum Gasteiger partial charge on any atom is 0.0405 e. The normalized spacial score (nSPS) is 10.7. The third-order valence-electron chi connectivity index (χ3n) is 7.09. The summed E-state index contributed by atoms with van der Waals surface area (Å²) in [6.45, 7) is 0. The van der Waals surface area contributed by atoms with E-state index in [1.165, 1.54) is 43.1 Å². The van der Waals surface area contributed by atoms with Crippen molar-refractivity contribution in [3.63, 3.8) is 0 Å². The van der Waals surface area contributed by atoms with E-state index < -0.39 is 0 Å². The molecule has 0 aliphatic heterocycles. The van der Waals surface area contributed by atoms with Crippen molar-refractivity contribution in [1.29, 1.82) is 0 Å². The molecule has 0 amide bonds. The van der Waals surface area contributed by atoms with E-state index in [9.17, 15) is 0 Å². The van der Waals surface area contributed by atoms with Crippen LogP contribution < -0.4 is 0 Å². The highest BCUT2D eigenvalue weighted by molar-refractivity contribution is 6.05. The third kappa shape index (κ3) is 3.96. The maximum absolute atomic E-state index is 3.48. The summed E-state index contributed by atoms with van der Waals surface area (Å²) in [7, 11) is 0. The Morgan fingerprint density at radius 3 is 0.895 bits per heavy atom. The highest BCUT2D eigenvalue weighted by atomic mass is 14.1. The summed E-state index contributed by atoms with van der Waals surface area (Å²) < 4.78 is 0. The summed E-state index contributed by atoms with van der Waals surface area (Å²) in [5.41, 5.74) is 4.10. The fraction of sp³-hybridized carbons (Fsp3) is 0. The molecule has 38 heavy (non-hydrogen) atoms. The van der Waals surface area contributed by atoms with Crippen LogP contribution in [0, 0.1) is 23.7 Å². The Morgan fingerprint density at radius 2 is 0.579 bits per heavy atom. The first-order valence-corrected chi connectivity index (χ1v) is 12.8. The molecule has 0 atom stereocenters. The molecule has 0 saturated carbocycles. The Kier molecular flexibility index (Phi) is 5.37. The van der Waals surface area contributed by atoms with Crippen LogP contribution in [0.1, 0.15) is 22.3 Å². The van der Waals surface area contributed by atoms with E-state index in [-0.39, 0.29) is 0 Å². The molecule has 0 aliphatic carbocycles. The largest absolute Gasteiger partial charge is 0.0616 e. The summed E-state index contributed by atoms with van der Waals surface area (Å²) in [6.07, 6.45) is 0. The molecule has 0 spiro atoms. The van der Waals surface area contributed by atoms with Gasteiger partial charge < -0.3 is 0 Å². The minimum atomic E-state index is 0.975. The molecule has 174 valence electrons. The van der Waals surface area contributed by atoms with Crippen molar-refractivity contribution in [3.8, 4) is 23.7 Å². The summed E-state index contributed by atoms with van der Waals surface area (Å²) in [6, 6.07) is 46.6. The van der Waals surface area contributed by atoms with Crippen molar-refractivity contribution in [1.82, 2.24) is 0 Å². The molecule has 7 aromatic carbocycles. The van der Waals surface area contributed by atoms with Gasteiger partial charge in [0.25, 0.3) is 0 Å². The monoisotopic (exact) mass is 478 g/mol. The fourth-order valence-electron chi connectivity index (χ4n) is 5.20. The topological polar surface area (TPSA) is 0 Å². The van der Waals surface area contributed by atoms with Gasteiger partial charge in [-0.25, -0.2) is 0 Å². The second kappa shape index (κ2) is 9.29. The quantitative estimate of drug-likeness (QED) is 0.151. The number of hydrogen-bond donors (Lipinski definition) is 0. The number of benzene rings is 7. The van der Waals surface area contributed by atoms with Gasteiger partial charge in [-0.15, -0.1) is 0 Å². The Labute approximate surface area is 222 Å². The van der Waals surface area contributed by atoms with Crippen LogP contribution in [0.5, 0.6) is 0 Å². The smallest absolute Gasteiger partial charge is 0.0405 e. The van der Waals surface area contributed by atoms with Gasteiger partial charge in [0.1, 0.15) is 0 Å². The lowest BCUT2D eigenvalue weighted by Gasteiger charge is -2.06. The summed E-state index contributed by atoms with van der Waals surface area (Å²) in [5, 5.41) is 9.58. The molecule has 0 aliphatic rings. The second-order valence-electron chi connectivity index (χ2n) is 9.47. The standard InChI is InChI=1S/C38H22/c1-5-13-33-29(9-1)25-30-10-2-6-14-34(30)37(33)23-21-27-17-19-28(20-18-27)22-24-38-35-15-7-3-11-31(35)26-32-12-4-8-16-36(32)38/h1-20,25-26H. The average Bonchev–Trinajstić information content (AvgIpc) is 2.98. The highest BCUT2D eigenvalue weighted by Crippen LogP contribution is 2.29. The third-order valence-corrected chi connectivity index (χ3v) is 7.09. The molecule has 0 unspecified atom stereocenters. The summed E-state index contributed by atoms with van der Waals surface area (Å²) in [4.78, 5) is 0. The number of hydrogen-bond acceptors (Lipinski definition) is 0. The van der Waals surface area contributed by atoms with Gasteiger partial charge >= 0.3 is 0 Å². The lowest BCUT2D eigenvalue weighted by Crippen LogP contribution is -1.85. The van der Waals surface area contributed by atoms with E-state index in [1.54, 1.807) is 0 Å². The van der Waals surface area contributed by atoms with E-state index in [2.05, 4.69) is 157 Å². The van der Waals surface area contributed by atoms with Gasteiger partial charge in [-0.1, -0.05) is 121 Å². The summed E-state index contributed by atoms with van der Waals surface area (Å²) in [5.74, 6) is 13.7. The summed E-state index contributed by atoms with van der Waals surface area (Å²) >= 11 is 0. The first-order chi connectivity index (χ1) is 18.8. The molecule has 0 heterocycles. The molecule has 0 radical (unpaired) electrons. The predicted octanol–water partition coefficient (Wildman–Crippen LogP) is 9.10. The van der Waals surface area contributed by atoms with E-state index in [4.69, 9.17) is 0 Å². The van der Waals surface area contributed by atoms with E-state index in [0.717, 1.165) is 22.3 Å². The molecule has 0 aromatic heterocycles. The van der Waals surface area contributed by atoms with Crippen molar-refractivity contribution in [3.05, 3.63) is 156 Å². The molecule has 0 bridgehead atoms. The van der Waals surface area contributed by atoms with Crippen molar-refractivity contribution < 1.29 is 0 Å². The zero-order chi connectivity index (χ0) is 25.3. The molecule has 7 aromatic rings. The van der Waals surface area contributed by atoms with Gasteiger partial charge in [0.15, 0.2) is 0 Å². The zero-order valence-electron chi connectivity index (χ0n) is 20.7. The van der Waals surface area contributed by atoms with Gasteiger partial charge in [-0.3, -0.25) is 0 Å². The molecule has 0 fully saturated rings. The zero-order valence-corrected chi connectivity index (χ0v) is 20.7. The molecule has 0 saturated heterocycles. The van der Waals surface area contributed by atoms with Crippen LogP contribution in [-0.4, -0.2) is 0 Å². The van der Waals surface area contributed by atoms with Gasteiger partial charge in [0.05, 0.1) is 0 Å². The predicted molar refractivity (Wildman–Crippen MR) is 161 cm³/mol. The fourth-order valence-corrected chi connectivity index (χ4v) is 5.20. The number of rotatable bonds is 0. The van der Waals surface area contributed by atoms with Gasteiger partial charge in [-0.05, 0) is 79.5 Å². The first-order valence-electron chi connectivity index (χ1n) is 12.8. The minimum absolute atomic E-state index is 0.975. The molecule has 0 heteroatoms. The molecule has 7 rings (SSSR count). The van der Waals surface area contributed by atoms with Gasteiger partial charge in [0, 0.05) is 22.3 Å². The molecular formula is C38H22. The van der Waals surface area contributed by atoms with Crippen LogP contribution >= 0.6 is 0 Å². The SMILES string of the molecule is C(#Cc1c2ccccc2cc2ccccc12)c1ccc(C#Cc2c3ccccc3cc3ccccc23)cc1. The van der Waals surface area contributed by atoms with Crippen molar-refractivity contribution in [2.24, 2.45) is 0 Å². The van der Waals surface area contributed by atoms with Crippen molar-refractivity contribution >= 4 is 43.1 Å². The minimum Gasteiger partial charge on any atom is -0.0616 e. The molecule has 0 nitrogen and oxygen atoms in total. The van der Waals surface area contributed by atoms with Crippen LogP contribution in [0.2, 0.25) is 0 Å². The van der Waals surface area contributed by atoms with Crippen LogP contribution in [0.4, 0.5) is 0 Å².